The van der Waals surface area contributed by atoms with E-state index in [-0.39, 0.29) is 22.7 Å². The van der Waals surface area contributed by atoms with Gasteiger partial charge in [-0.05, 0) is 55.9 Å². The monoisotopic (exact) mass is 434 g/mol. The first-order valence-corrected chi connectivity index (χ1v) is 11.7. The van der Waals surface area contributed by atoms with Crippen LogP contribution in [-0.2, 0) is 14.8 Å². The van der Waals surface area contributed by atoms with E-state index in [1.165, 1.54) is 16.4 Å². The SMILES string of the molecule is CC1CCN(S(=O)(=O)c2ccc(-c3noc(C(=O)NCC4CCCO4)n3)cc2)CC1. The molecular formula is C20H26N4O5S. The lowest BCUT2D eigenvalue weighted by Gasteiger charge is -2.29. The van der Waals surface area contributed by atoms with Crippen molar-refractivity contribution >= 4 is 15.9 Å². The number of rotatable bonds is 6. The molecule has 162 valence electrons. The van der Waals surface area contributed by atoms with Gasteiger partial charge < -0.3 is 14.6 Å². The van der Waals surface area contributed by atoms with Crippen molar-refractivity contribution in [1.82, 2.24) is 19.8 Å². The molecule has 3 heterocycles. The third-order valence-corrected chi connectivity index (χ3v) is 7.54. The van der Waals surface area contributed by atoms with Crippen molar-refractivity contribution in [3.05, 3.63) is 30.2 Å². The molecule has 1 aromatic carbocycles. The average Bonchev–Trinajstić information content (AvgIpc) is 3.45. The molecule has 1 atom stereocenters. The number of carbonyl (C=O) groups excluding carboxylic acids is 1. The number of ether oxygens (including phenoxy) is 1. The molecule has 1 unspecified atom stereocenters. The van der Waals surface area contributed by atoms with Crippen LogP contribution in [0.25, 0.3) is 11.4 Å². The Labute approximate surface area is 175 Å². The lowest BCUT2D eigenvalue weighted by molar-refractivity contribution is 0.0822. The second kappa shape index (κ2) is 8.83. The van der Waals surface area contributed by atoms with Gasteiger partial charge in [-0.25, -0.2) is 8.42 Å². The van der Waals surface area contributed by atoms with Gasteiger partial charge in [0.05, 0.1) is 11.0 Å². The maximum atomic E-state index is 12.8. The van der Waals surface area contributed by atoms with E-state index < -0.39 is 15.9 Å². The van der Waals surface area contributed by atoms with Crippen LogP contribution in [0.1, 0.15) is 43.3 Å². The molecule has 0 bridgehead atoms. The molecule has 1 aromatic heterocycles. The van der Waals surface area contributed by atoms with E-state index in [1.54, 1.807) is 12.1 Å². The molecule has 10 heteroatoms. The van der Waals surface area contributed by atoms with Crippen LogP contribution < -0.4 is 5.32 Å². The summed E-state index contributed by atoms with van der Waals surface area (Å²) in [5, 5.41) is 6.57. The Hall–Kier alpha value is -2.30. The maximum absolute atomic E-state index is 12.8. The van der Waals surface area contributed by atoms with Crippen LogP contribution in [0.3, 0.4) is 0 Å². The quantitative estimate of drug-likeness (QED) is 0.740. The molecular weight excluding hydrogens is 408 g/mol. The van der Waals surface area contributed by atoms with Gasteiger partial charge in [-0.2, -0.15) is 9.29 Å². The Bertz CT molecular complexity index is 975. The zero-order valence-electron chi connectivity index (χ0n) is 16.9. The van der Waals surface area contributed by atoms with Crippen molar-refractivity contribution in [2.75, 3.05) is 26.2 Å². The summed E-state index contributed by atoms with van der Waals surface area (Å²) in [5.74, 6) is 0.187. The lowest BCUT2D eigenvalue weighted by atomic mass is 10.0. The van der Waals surface area contributed by atoms with Crippen molar-refractivity contribution < 1.29 is 22.5 Å². The summed E-state index contributed by atoms with van der Waals surface area (Å²) in [4.78, 5) is 16.5. The highest BCUT2D eigenvalue weighted by Crippen LogP contribution is 2.25. The van der Waals surface area contributed by atoms with Crippen molar-refractivity contribution in [2.45, 2.75) is 43.6 Å². The first kappa shape index (κ1) is 21.0. The van der Waals surface area contributed by atoms with Crippen LogP contribution in [0.2, 0.25) is 0 Å². The summed E-state index contributed by atoms with van der Waals surface area (Å²) in [6.45, 7) is 4.34. The van der Waals surface area contributed by atoms with Crippen LogP contribution >= 0.6 is 0 Å². The molecule has 30 heavy (non-hydrogen) atoms. The number of piperidine rings is 1. The van der Waals surface area contributed by atoms with E-state index in [2.05, 4.69) is 22.4 Å². The maximum Gasteiger partial charge on any atom is 0.316 e. The number of hydrogen-bond donors (Lipinski definition) is 1. The van der Waals surface area contributed by atoms with Crippen molar-refractivity contribution in [2.24, 2.45) is 5.92 Å². The van der Waals surface area contributed by atoms with Gasteiger partial charge >= 0.3 is 11.8 Å². The van der Waals surface area contributed by atoms with Gasteiger partial charge in [0.1, 0.15) is 0 Å². The van der Waals surface area contributed by atoms with Gasteiger partial charge in [0.2, 0.25) is 15.8 Å². The van der Waals surface area contributed by atoms with Crippen LogP contribution in [0.15, 0.2) is 33.7 Å². The number of sulfonamides is 1. The third-order valence-electron chi connectivity index (χ3n) is 5.63. The molecule has 1 N–H and O–H groups in total. The molecule has 0 spiro atoms. The summed E-state index contributed by atoms with van der Waals surface area (Å²) >= 11 is 0. The van der Waals surface area contributed by atoms with E-state index in [4.69, 9.17) is 9.26 Å². The minimum Gasteiger partial charge on any atom is -0.376 e. The summed E-state index contributed by atoms with van der Waals surface area (Å²) < 4.78 is 37.7. The number of carbonyl (C=O) groups is 1. The Balaban J connectivity index is 1.41. The highest BCUT2D eigenvalue weighted by molar-refractivity contribution is 7.89. The van der Waals surface area contributed by atoms with E-state index in [1.807, 2.05) is 0 Å². The van der Waals surface area contributed by atoms with Crippen LogP contribution in [-0.4, -0.2) is 61.1 Å². The molecule has 2 saturated heterocycles. The minimum absolute atomic E-state index is 0.0222. The largest absolute Gasteiger partial charge is 0.376 e. The van der Waals surface area contributed by atoms with Gasteiger partial charge in [0, 0.05) is 31.8 Å². The molecule has 0 aliphatic carbocycles. The number of aromatic nitrogens is 2. The summed E-state index contributed by atoms with van der Waals surface area (Å²) in [6, 6.07) is 6.32. The van der Waals surface area contributed by atoms with Gasteiger partial charge in [-0.1, -0.05) is 12.1 Å². The van der Waals surface area contributed by atoms with E-state index >= 15 is 0 Å². The zero-order valence-corrected chi connectivity index (χ0v) is 17.7. The van der Waals surface area contributed by atoms with Crippen LogP contribution in [0.4, 0.5) is 0 Å². The normalized spacial score (nSPS) is 21.0. The predicted octanol–water partition coefficient (Wildman–Crippen LogP) is 2.07. The van der Waals surface area contributed by atoms with Gasteiger partial charge in [0.25, 0.3) is 0 Å². The van der Waals surface area contributed by atoms with Gasteiger partial charge in [-0.3, -0.25) is 4.79 Å². The average molecular weight is 435 g/mol. The third kappa shape index (κ3) is 4.55. The van der Waals surface area contributed by atoms with Gasteiger partial charge in [0.15, 0.2) is 0 Å². The number of nitrogens with zero attached hydrogens (tertiary/aromatic N) is 3. The molecule has 1 amide bonds. The molecule has 2 fully saturated rings. The molecule has 0 saturated carbocycles. The minimum atomic E-state index is -3.52. The second-order valence-corrected chi connectivity index (χ2v) is 9.82. The Morgan fingerprint density at radius 1 is 1.20 bits per heavy atom. The number of hydrogen-bond acceptors (Lipinski definition) is 7. The molecule has 4 rings (SSSR count). The van der Waals surface area contributed by atoms with Crippen molar-refractivity contribution in [1.29, 1.82) is 0 Å². The standard InChI is InChI=1S/C20H26N4O5S/c1-14-8-10-24(11-9-14)30(26,27)17-6-4-15(5-7-17)18-22-20(29-23-18)19(25)21-13-16-3-2-12-28-16/h4-7,14,16H,2-3,8-13H2,1H3,(H,21,25). The zero-order chi connectivity index (χ0) is 21.1. The summed E-state index contributed by atoms with van der Waals surface area (Å²) in [5.41, 5.74) is 0.572. The van der Waals surface area contributed by atoms with Crippen LogP contribution in [0, 0.1) is 5.92 Å². The fourth-order valence-corrected chi connectivity index (χ4v) is 5.14. The number of amides is 1. The molecule has 9 nitrogen and oxygen atoms in total. The van der Waals surface area contributed by atoms with Crippen molar-refractivity contribution in [3.63, 3.8) is 0 Å². The van der Waals surface area contributed by atoms with Crippen molar-refractivity contribution in [3.8, 4) is 11.4 Å². The highest BCUT2D eigenvalue weighted by Gasteiger charge is 2.28. The molecule has 2 aliphatic rings. The smallest absolute Gasteiger partial charge is 0.316 e. The number of nitrogens with one attached hydrogen (secondary N) is 1. The first-order valence-electron chi connectivity index (χ1n) is 10.3. The Morgan fingerprint density at radius 2 is 1.93 bits per heavy atom. The summed E-state index contributed by atoms with van der Waals surface area (Å²) in [6.07, 6.45) is 3.68. The predicted molar refractivity (Wildman–Crippen MR) is 108 cm³/mol. The fraction of sp³-hybridized carbons (Fsp3) is 0.550. The fourth-order valence-electron chi connectivity index (χ4n) is 3.67. The Kier molecular flexibility index (Phi) is 6.16. The topological polar surface area (TPSA) is 115 Å². The lowest BCUT2D eigenvalue weighted by Crippen LogP contribution is -2.37. The number of benzene rings is 1. The van der Waals surface area contributed by atoms with Crippen LogP contribution in [0.5, 0.6) is 0 Å². The first-order chi connectivity index (χ1) is 14.4. The summed E-state index contributed by atoms with van der Waals surface area (Å²) in [7, 11) is -3.52. The Morgan fingerprint density at radius 3 is 2.60 bits per heavy atom. The molecule has 2 aromatic rings. The molecule has 0 radical (unpaired) electrons. The van der Waals surface area contributed by atoms with E-state index in [0.717, 1.165) is 25.7 Å². The van der Waals surface area contributed by atoms with Gasteiger partial charge in [-0.15, -0.1) is 0 Å². The van der Waals surface area contributed by atoms with E-state index in [0.29, 0.717) is 37.7 Å². The second-order valence-electron chi connectivity index (χ2n) is 7.88. The molecule has 2 aliphatic heterocycles. The highest BCUT2D eigenvalue weighted by atomic mass is 32.2. The van der Waals surface area contributed by atoms with E-state index in [9.17, 15) is 13.2 Å².